The molecule has 0 N–H and O–H groups in total. The van der Waals surface area contributed by atoms with Crippen molar-refractivity contribution < 1.29 is 9.59 Å². The van der Waals surface area contributed by atoms with Crippen molar-refractivity contribution in [3.63, 3.8) is 0 Å². The molecule has 1 atom stereocenters. The molecule has 0 radical (unpaired) electrons. The summed E-state index contributed by atoms with van der Waals surface area (Å²) in [6.45, 7) is 2.06. The third-order valence-corrected chi connectivity index (χ3v) is 3.70. The van der Waals surface area contributed by atoms with Crippen molar-refractivity contribution in [3.05, 3.63) is 35.9 Å². The van der Waals surface area contributed by atoms with Crippen LogP contribution < -0.4 is 4.90 Å². The number of nitriles is 1. The quantitative estimate of drug-likeness (QED) is 0.644. The van der Waals surface area contributed by atoms with Crippen LogP contribution in [0.3, 0.4) is 0 Å². The zero-order chi connectivity index (χ0) is 15.7. The molecule has 1 heterocycles. The fourth-order valence-corrected chi connectivity index (χ4v) is 2.71. The molecule has 0 aliphatic carbocycles. The third kappa shape index (κ3) is 2.25. The summed E-state index contributed by atoms with van der Waals surface area (Å²) in [5.74, 6) is -0.844. The van der Waals surface area contributed by atoms with Gasteiger partial charge in [-0.25, -0.2) is 0 Å². The second kappa shape index (κ2) is 5.41. The van der Waals surface area contributed by atoms with Gasteiger partial charge in [-0.2, -0.15) is 5.26 Å². The summed E-state index contributed by atoms with van der Waals surface area (Å²) in [6, 6.07) is 11.4. The smallest absolute Gasteiger partial charge is 0.224 e. The molecule has 22 heavy (non-hydrogen) atoms. The van der Waals surface area contributed by atoms with E-state index in [-0.39, 0.29) is 5.91 Å². The van der Waals surface area contributed by atoms with E-state index in [4.69, 9.17) is 5.26 Å². The SMILES string of the molecule is CC(=O)N1Cc2cc(N=CC(C#N)C=O)cc3cccc1c23. The predicted octanol–water partition coefficient (Wildman–Crippen LogP) is 2.75. The van der Waals surface area contributed by atoms with Crippen LogP contribution >= 0.6 is 0 Å². The van der Waals surface area contributed by atoms with E-state index in [1.54, 1.807) is 11.8 Å². The fourth-order valence-electron chi connectivity index (χ4n) is 2.71. The summed E-state index contributed by atoms with van der Waals surface area (Å²) in [7, 11) is 0. The number of nitrogens with zero attached hydrogens (tertiary/aromatic N) is 3. The number of hydrogen-bond acceptors (Lipinski definition) is 4. The van der Waals surface area contributed by atoms with Crippen LogP contribution in [0.1, 0.15) is 12.5 Å². The summed E-state index contributed by atoms with van der Waals surface area (Å²) in [5.41, 5.74) is 2.61. The Morgan fingerprint density at radius 1 is 1.45 bits per heavy atom. The van der Waals surface area contributed by atoms with Crippen molar-refractivity contribution in [2.75, 3.05) is 4.90 Å². The third-order valence-electron chi connectivity index (χ3n) is 3.70. The maximum absolute atomic E-state index is 11.8. The number of amides is 1. The van der Waals surface area contributed by atoms with Crippen LogP contribution in [0.5, 0.6) is 0 Å². The Kier molecular flexibility index (Phi) is 3.43. The number of aliphatic imine (C=N–C) groups is 1. The predicted molar refractivity (Wildman–Crippen MR) is 84.1 cm³/mol. The highest BCUT2D eigenvalue weighted by Crippen LogP contribution is 2.39. The lowest BCUT2D eigenvalue weighted by molar-refractivity contribution is -0.116. The summed E-state index contributed by atoms with van der Waals surface area (Å²) < 4.78 is 0. The van der Waals surface area contributed by atoms with E-state index in [0.29, 0.717) is 18.5 Å². The van der Waals surface area contributed by atoms with Gasteiger partial charge in [0.1, 0.15) is 12.2 Å². The first-order valence-electron chi connectivity index (χ1n) is 6.87. The van der Waals surface area contributed by atoms with Crippen LogP contribution in [-0.2, 0) is 16.1 Å². The summed E-state index contributed by atoms with van der Waals surface area (Å²) in [5, 5.41) is 10.8. The lowest BCUT2D eigenvalue weighted by atomic mass is 10.0. The average molecular weight is 291 g/mol. The minimum Gasteiger partial charge on any atom is -0.308 e. The fraction of sp³-hybridized carbons (Fsp3) is 0.176. The van der Waals surface area contributed by atoms with E-state index in [1.165, 1.54) is 6.21 Å². The van der Waals surface area contributed by atoms with Crippen LogP contribution in [0.2, 0.25) is 0 Å². The molecule has 2 aromatic carbocycles. The van der Waals surface area contributed by atoms with Crippen LogP contribution in [0, 0.1) is 17.2 Å². The van der Waals surface area contributed by atoms with Gasteiger partial charge in [0, 0.05) is 18.5 Å². The lowest BCUT2D eigenvalue weighted by Gasteiger charge is -2.14. The first kappa shape index (κ1) is 14.0. The van der Waals surface area contributed by atoms with Crippen LogP contribution in [-0.4, -0.2) is 18.4 Å². The second-order valence-electron chi connectivity index (χ2n) is 5.15. The number of hydrogen-bond donors (Lipinski definition) is 0. The molecular weight excluding hydrogens is 278 g/mol. The molecule has 2 aromatic rings. The number of benzene rings is 2. The van der Waals surface area contributed by atoms with Gasteiger partial charge >= 0.3 is 0 Å². The highest BCUT2D eigenvalue weighted by Gasteiger charge is 2.24. The van der Waals surface area contributed by atoms with Gasteiger partial charge in [0.05, 0.1) is 24.0 Å². The second-order valence-corrected chi connectivity index (χ2v) is 5.15. The van der Waals surface area contributed by atoms with Crippen molar-refractivity contribution in [3.8, 4) is 6.07 Å². The molecule has 0 saturated carbocycles. The minimum absolute atomic E-state index is 0.000694. The zero-order valence-electron chi connectivity index (χ0n) is 12.0. The molecule has 0 spiro atoms. The molecule has 0 fully saturated rings. The Hall–Kier alpha value is -3.00. The number of aldehydes is 1. The topological polar surface area (TPSA) is 73.5 Å². The highest BCUT2D eigenvalue weighted by molar-refractivity contribution is 6.08. The highest BCUT2D eigenvalue weighted by atomic mass is 16.2. The van der Waals surface area contributed by atoms with Gasteiger partial charge in [0.2, 0.25) is 5.91 Å². The Balaban J connectivity index is 2.07. The van der Waals surface area contributed by atoms with E-state index in [9.17, 15) is 9.59 Å². The summed E-state index contributed by atoms with van der Waals surface area (Å²) in [6.07, 6.45) is 1.89. The maximum atomic E-state index is 11.8. The van der Waals surface area contributed by atoms with Gasteiger partial charge in [0.25, 0.3) is 0 Å². The molecule has 108 valence electrons. The summed E-state index contributed by atoms with van der Waals surface area (Å²) in [4.78, 5) is 28.4. The molecule has 1 amide bonds. The minimum atomic E-state index is -0.843. The number of carbonyl (C=O) groups excluding carboxylic acids is 2. The van der Waals surface area contributed by atoms with Crippen LogP contribution in [0.4, 0.5) is 11.4 Å². The lowest BCUT2D eigenvalue weighted by Crippen LogP contribution is -2.23. The van der Waals surface area contributed by atoms with Gasteiger partial charge in [-0.1, -0.05) is 12.1 Å². The number of anilines is 1. The molecular formula is C17H13N3O2. The van der Waals surface area contributed by atoms with E-state index in [2.05, 4.69) is 4.99 Å². The van der Waals surface area contributed by atoms with Gasteiger partial charge in [-0.3, -0.25) is 9.79 Å². The number of rotatable bonds is 3. The Morgan fingerprint density at radius 2 is 2.27 bits per heavy atom. The Labute approximate surface area is 127 Å². The molecule has 5 heteroatoms. The van der Waals surface area contributed by atoms with E-state index >= 15 is 0 Å². The van der Waals surface area contributed by atoms with Crippen molar-refractivity contribution in [1.82, 2.24) is 0 Å². The standard InChI is InChI=1S/C17H13N3O2/c1-11(22)20-9-14-6-15(19-8-12(7-18)10-21)5-13-3-2-4-16(20)17(13)14/h2-6,8,10,12H,9H2,1H3. The van der Waals surface area contributed by atoms with Crippen LogP contribution in [0.25, 0.3) is 10.8 Å². The molecule has 5 nitrogen and oxygen atoms in total. The largest absolute Gasteiger partial charge is 0.308 e. The monoisotopic (exact) mass is 291 g/mol. The van der Waals surface area contributed by atoms with Gasteiger partial charge < -0.3 is 9.69 Å². The van der Waals surface area contributed by atoms with Gasteiger partial charge in [0.15, 0.2) is 0 Å². The number of carbonyl (C=O) groups is 2. The molecule has 1 aliphatic heterocycles. The summed E-state index contributed by atoms with van der Waals surface area (Å²) >= 11 is 0. The van der Waals surface area contributed by atoms with Gasteiger partial charge in [-0.15, -0.1) is 0 Å². The molecule has 3 rings (SSSR count). The molecule has 0 aromatic heterocycles. The van der Waals surface area contributed by atoms with E-state index in [0.717, 1.165) is 22.0 Å². The Bertz CT molecular complexity index is 849. The molecule has 1 aliphatic rings. The van der Waals surface area contributed by atoms with Crippen molar-refractivity contribution in [2.24, 2.45) is 10.9 Å². The molecule has 0 saturated heterocycles. The van der Waals surface area contributed by atoms with E-state index in [1.807, 2.05) is 36.4 Å². The van der Waals surface area contributed by atoms with Gasteiger partial charge in [-0.05, 0) is 29.1 Å². The zero-order valence-corrected chi connectivity index (χ0v) is 12.0. The van der Waals surface area contributed by atoms with Crippen molar-refractivity contribution in [2.45, 2.75) is 13.5 Å². The average Bonchev–Trinajstić information content (AvgIpc) is 2.89. The van der Waals surface area contributed by atoms with E-state index < -0.39 is 5.92 Å². The van der Waals surface area contributed by atoms with Crippen molar-refractivity contribution in [1.29, 1.82) is 5.26 Å². The molecule has 0 bridgehead atoms. The maximum Gasteiger partial charge on any atom is 0.224 e. The van der Waals surface area contributed by atoms with Crippen LogP contribution in [0.15, 0.2) is 35.3 Å². The normalized spacial score (nSPS) is 14.3. The first-order chi connectivity index (χ1) is 10.6. The van der Waals surface area contributed by atoms with Crippen molar-refractivity contribution >= 4 is 40.6 Å². The Morgan fingerprint density at radius 3 is 2.95 bits per heavy atom. The first-order valence-corrected chi connectivity index (χ1v) is 6.87. The molecule has 1 unspecified atom stereocenters.